The molecule has 1 saturated heterocycles. The molecule has 0 bridgehead atoms. The van der Waals surface area contributed by atoms with Crippen molar-refractivity contribution in [1.29, 1.82) is 5.26 Å². The van der Waals surface area contributed by atoms with Crippen molar-refractivity contribution in [2.45, 2.75) is 52.2 Å². The van der Waals surface area contributed by atoms with Gasteiger partial charge in [-0.2, -0.15) is 5.26 Å². The summed E-state index contributed by atoms with van der Waals surface area (Å²) in [6, 6.07) is 1.09. The van der Waals surface area contributed by atoms with Gasteiger partial charge in [-0.15, -0.1) is 0 Å². The van der Waals surface area contributed by atoms with Crippen molar-refractivity contribution >= 4 is 34.4 Å². The van der Waals surface area contributed by atoms with E-state index < -0.39 is 17.5 Å². The second-order valence-electron chi connectivity index (χ2n) is 8.53. The van der Waals surface area contributed by atoms with Crippen LogP contribution in [-0.2, 0) is 11.3 Å². The minimum atomic E-state index is -0.698. The summed E-state index contributed by atoms with van der Waals surface area (Å²) in [4.78, 5) is 37.3. The summed E-state index contributed by atoms with van der Waals surface area (Å²) in [5.41, 5.74) is 1.38. The summed E-state index contributed by atoms with van der Waals surface area (Å²) in [5, 5.41) is 10.6. The highest BCUT2D eigenvalue weighted by Crippen LogP contribution is 2.38. The van der Waals surface area contributed by atoms with Gasteiger partial charge in [0.05, 0.1) is 16.7 Å². The number of halogens is 1. The topological polar surface area (TPSA) is 93.1 Å². The molecule has 4 rings (SSSR count). The number of hydrogen-bond donors (Lipinski definition) is 1. The summed E-state index contributed by atoms with van der Waals surface area (Å²) in [7, 11) is 0. The molecule has 0 aromatic carbocycles. The van der Waals surface area contributed by atoms with E-state index in [1.54, 1.807) is 22.2 Å². The third kappa shape index (κ3) is 2.75. The molecule has 7 nitrogen and oxygen atoms in total. The molecule has 146 valence electrons. The highest BCUT2D eigenvalue weighted by molar-refractivity contribution is 6.32. The summed E-state index contributed by atoms with van der Waals surface area (Å²) in [5.74, 6) is -0.394. The molecule has 2 aromatic rings. The SMILES string of the molecule is CC(C)(C)[C@H](C(=O)N1CCC[C@H]1C#N)N1Cc2c(Cl)cnc3[nH]cc(c23)C1=O. The number of H-pyrrole nitrogens is 1. The fourth-order valence-electron chi connectivity index (χ4n) is 4.36. The molecule has 0 unspecified atom stereocenters. The lowest BCUT2D eigenvalue weighted by Crippen LogP contribution is -2.57. The van der Waals surface area contributed by atoms with Crippen molar-refractivity contribution in [2.75, 3.05) is 6.54 Å². The maximum atomic E-state index is 13.5. The van der Waals surface area contributed by atoms with E-state index in [0.29, 0.717) is 29.2 Å². The first-order valence-electron chi connectivity index (χ1n) is 9.39. The number of aromatic nitrogens is 2. The van der Waals surface area contributed by atoms with E-state index in [9.17, 15) is 14.9 Å². The number of carbonyl (C=O) groups excluding carboxylic acids is 2. The number of nitrogens with one attached hydrogen (secondary N) is 1. The van der Waals surface area contributed by atoms with Crippen LogP contribution < -0.4 is 0 Å². The number of carbonyl (C=O) groups is 2. The quantitative estimate of drug-likeness (QED) is 0.839. The third-order valence-electron chi connectivity index (χ3n) is 5.63. The van der Waals surface area contributed by atoms with Gasteiger partial charge in [-0.1, -0.05) is 32.4 Å². The van der Waals surface area contributed by atoms with Gasteiger partial charge in [-0.25, -0.2) is 4.98 Å². The molecule has 2 amide bonds. The lowest BCUT2D eigenvalue weighted by molar-refractivity contribution is -0.140. The molecule has 2 atom stereocenters. The number of rotatable bonds is 2. The highest BCUT2D eigenvalue weighted by atomic mass is 35.5. The van der Waals surface area contributed by atoms with Crippen LogP contribution in [0.4, 0.5) is 0 Å². The largest absolute Gasteiger partial charge is 0.345 e. The third-order valence-corrected chi connectivity index (χ3v) is 5.95. The normalized spacial score (nSPS) is 20.5. The molecule has 2 aliphatic rings. The molecule has 1 fully saturated rings. The van der Waals surface area contributed by atoms with Gasteiger partial charge in [0, 0.05) is 36.4 Å². The van der Waals surface area contributed by atoms with Gasteiger partial charge >= 0.3 is 0 Å². The Kier molecular flexibility index (Phi) is 4.35. The first kappa shape index (κ1) is 18.8. The van der Waals surface area contributed by atoms with E-state index in [0.717, 1.165) is 17.4 Å². The standard InChI is InChI=1S/C20H22ClN5O2/c1-20(2,3)16(19(28)25-6-4-5-11(25)7-22)26-10-13-14(21)9-24-17-15(13)12(8-23-17)18(26)27/h8-9,11,16H,4-6,10H2,1-3H3,(H,23,24)/t11-,16-/m0/s1. The number of aromatic amines is 1. The van der Waals surface area contributed by atoms with Gasteiger partial charge in [-0.3, -0.25) is 9.59 Å². The summed E-state index contributed by atoms with van der Waals surface area (Å²) in [6.07, 6.45) is 4.66. The number of pyridine rings is 1. The van der Waals surface area contributed by atoms with E-state index in [1.165, 1.54) is 0 Å². The van der Waals surface area contributed by atoms with Crippen LogP contribution in [0, 0.1) is 16.7 Å². The zero-order chi connectivity index (χ0) is 20.2. The van der Waals surface area contributed by atoms with Gasteiger partial charge in [0.25, 0.3) is 5.91 Å². The first-order valence-corrected chi connectivity index (χ1v) is 9.77. The van der Waals surface area contributed by atoms with Gasteiger partial charge in [0.1, 0.15) is 17.7 Å². The van der Waals surface area contributed by atoms with Crippen LogP contribution in [0.1, 0.15) is 49.5 Å². The van der Waals surface area contributed by atoms with Crippen LogP contribution in [0.15, 0.2) is 12.4 Å². The molecule has 0 saturated carbocycles. The van der Waals surface area contributed by atoms with Crippen LogP contribution >= 0.6 is 11.6 Å². The zero-order valence-corrected chi connectivity index (χ0v) is 16.9. The van der Waals surface area contributed by atoms with Crippen LogP contribution in [0.25, 0.3) is 11.0 Å². The molecule has 2 aliphatic heterocycles. The molecule has 0 aliphatic carbocycles. The minimum Gasteiger partial charge on any atom is -0.345 e. The number of likely N-dealkylation sites (tertiary alicyclic amines) is 1. The Morgan fingerprint density at radius 3 is 2.89 bits per heavy atom. The molecule has 4 heterocycles. The number of amides is 2. The highest BCUT2D eigenvalue weighted by Gasteiger charge is 2.46. The van der Waals surface area contributed by atoms with Crippen molar-refractivity contribution in [3.63, 3.8) is 0 Å². The van der Waals surface area contributed by atoms with Gasteiger partial charge in [-0.05, 0) is 18.3 Å². The fourth-order valence-corrected chi connectivity index (χ4v) is 4.56. The smallest absolute Gasteiger partial charge is 0.257 e. The van der Waals surface area contributed by atoms with Crippen LogP contribution in [0.3, 0.4) is 0 Å². The summed E-state index contributed by atoms with van der Waals surface area (Å²) >= 11 is 6.40. The number of nitrogens with zero attached hydrogens (tertiary/aromatic N) is 4. The van der Waals surface area contributed by atoms with E-state index in [2.05, 4.69) is 16.0 Å². The Morgan fingerprint density at radius 1 is 1.46 bits per heavy atom. The van der Waals surface area contributed by atoms with Crippen molar-refractivity contribution in [3.05, 3.63) is 28.5 Å². The molecule has 0 spiro atoms. The van der Waals surface area contributed by atoms with E-state index in [4.69, 9.17) is 11.6 Å². The monoisotopic (exact) mass is 399 g/mol. The Balaban J connectivity index is 1.78. The van der Waals surface area contributed by atoms with Gasteiger partial charge in [0.2, 0.25) is 5.91 Å². The molecule has 0 radical (unpaired) electrons. The average molecular weight is 400 g/mol. The predicted molar refractivity (Wildman–Crippen MR) is 105 cm³/mol. The maximum Gasteiger partial charge on any atom is 0.257 e. The predicted octanol–water partition coefficient (Wildman–Crippen LogP) is 3.10. The van der Waals surface area contributed by atoms with E-state index in [-0.39, 0.29) is 18.4 Å². The van der Waals surface area contributed by atoms with Gasteiger partial charge in [0.15, 0.2) is 0 Å². The van der Waals surface area contributed by atoms with E-state index >= 15 is 0 Å². The second kappa shape index (κ2) is 6.49. The average Bonchev–Trinajstić information content (AvgIpc) is 3.27. The van der Waals surface area contributed by atoms with Crippen LogP contribution in [-0.4, -0.2) is 50.2 Å². The minimum absolute atomic E-state index is 0.176. The molecule has 8 heteroatoms. The zero-order valence-electron chi connectivity index (χ0n) is 16.1. The van der Waals surface area contributed by atoms with Crippen molar-refractivity contribution in [2.24, 2.45) is 5.41 Å². The first-order chi connectivity index (χ1) is 13.2. The Morgan fingerprint density at radius 2 is 2.21 bits per heavy atom. The summed E-state index contributed by atoms with van der Waals surface area (Å²) < 4.78 is 0. The Bertz CT molecular complexity index is 1020. The number of hydrogen-bond acceptors (Lipinski definition) is 4. The molecule has 28 heavy (non-hydrogen) atoms. The lowest BCUT2D eigenvalue weighted by Gasteiger charge is -2.42. The number of nitriles is 1. The Hall–Kier alpha value is -2.59. The molecule has 2 aromatic heterocycles. The molecular weight excluding hydrogens is 378 g/mol. The Labute approximate surface area is 168 Å². The van der Waals surface area contributed by atoms with Gasteiger partial charge < -0.3 is 14.8 Å². The maximum absolute atomic E-state index is 13.5. The van der Waals surface area contributed by atoms with Crippen molar-refractivity contribution in [1.82, 2.24) is 19.8 Å². The fraction of sp³-hybridized carbons (Fsp3) is 0.500. The van der Waals surface area contributed by atoms with E-state index in [1.807, 2.05) is 20.8 Å². The molecular formula is C20H22ClN5O2. The van der Waals surface area contributed by atoms with Crippen LogP contribution in [0.2, 0.25) is 5.02 Å². The van der Waals surface area contributed by atoms with Crippen LogP contribution in [0.5, 0.6) is 0 Å². The summed E-state index contributed by atoms with van der Waals surface area (Å²) in [6.45, 7) is 6.60. The molecule has 1 N–H and O–H groups in total. The van der Waals surface area contributed by atoms with Crippen molar-refractivity contribution in [3.8, 4) is 6.07 Å². The second-order valence-corrected chi connectivity index (χ2v) is 8.94. The lowest BCUT2D eigenvalue weighted by atomic mass is 9.83. The van der Waals surface area contributed by atoms with Crippen molar-refractivity contribution < 1.29 is 9.59 Å².